The fourth-order valence-electron chi connectivity index (χ4n) is 3.40. The van der Waals surface area contributed by atoms with Crippen molar-refractivity contribution in [2.45, 2.75) is 11.4 Å². The molecule has 0 radical (unpaired) electrons. The SMILES string of the molecule is NS(=O)(=O)c1ccccc1N1CCN(Cc2cn3ccccc3n2)CC1. The summed E-state index contributed by atoms with van der Waals surface area (Å²) in [5.41, 5.74) is 2.67. The normalized spacial score (nSPS) is 16.3. The van der Waals surface area contributed by atoms with E-state index in [4.69, 9.17) is 5.14 Å². The van der Waals surface area contributed by atoms with Gasteiger partial charge in [0.1, 0.15) is 10.5 Å². The number of primary sulfonamides is 1. The second kappa shape index (κ2) is 6.71. The molecule has 0 bridgehead atoms. The van der Waals surface area contributed by atoms with Crippen molar-refractivity contribution >= 4 is 21.4 Å². The Hall–Kier alpha value is -2.42. The highest BCUT2D eigenvalue weighted by molar-refractivity contribution is 7.89. The van der Waals surface area contributed by atoms with Crippen LogP contribution in [0.4, 0.5) is 5.69 Å². The van der Waals surface area contributed by atoms with Crippen LogP contribution in [0.2, 0.25) is 0 Å². The van der Waals surface area contributed by atoms with E-state index in [2.05, 4.69) is 21.0 Å². The molecule has 1 aromatic carbocycles. The summed E-state index contributed by atoms with van der Waals surface area (Å²) >= 11 is 0. The largest absolute Gasteiger partial charge is 0.368 e. The number of hydrogen-bond donors (Lipinski definition) is 1. The number of rotatable bonds is 4. The highest BCUT2D eigenvalue weighted by atomic mass is 32.2. The van der Waals surface area contributed by atoms with Crippen molar-refractivity contribution < 1.29 is 8.42 Å². The van der Waals surface area contributed by atoms with Gasteiger partial charge in [0, 0.05) is 45.1 Å². The minimum atomic E-state index is -3.73. The molecule has 1 saturated heterocycles. The van der Waals surface area contributed by atoms with Gasteiger partial charge in [-0.1, -0.05) is 18.2 Å². The van der Waals surface area contributed by atoms with Gasteiger partial charge in [-0.2, -0.15) is 0 Å². The number of hydrogen-bond acceptors (Lipinski definition) is 5. The fourth-order valence-corrected chi connectivity index (χ4v) is 4.16. The van der Waals surface area contributed by atoms with E-state index >= 15 is 0 Å². The monoisotopic (exact) mass is 371 g/mol. The van der Waals surface area contributed by atoms with E-state index in [0.717, 1.165) is 44.1 Å². The summed E-state index contributed by atoms with van der Waals surface area (Å²) in [6.07, 6.45) is 4.05. The summed E-state index contributed by atoms with van der Waals surface area (Å²) in [5, 5.41) is 5.36. The van der Waals surface area contributed by atoms with Gasteiger partial charge in [-0.3, -0.25) is 4.90 Å². The Kier molecular flexibility index (Phi) is 4.39. The third kappa shape index (κ3) is 3.44. The van der Waals surface area contributed by atoms with Gasteiger partial charge in [-0.25, -0.2) is 18.5 Å². The van der Waals surface area contributed by atoms with Crippen molar-refractivity contribution in [3.63, 3.8) is 0 Å². The first-order chi connectivity index (χ1) is 12.5. The Morgan fingerprint density at radius 3 is 2.46 bits per heavy atom. The molecule has 3 heterocycles. The van der Waals surface area contributed by atoms with E-state index in [0.29, 0.717) is 5.69 Å². The molecule has 0 saturated carbocycles. The molecular weight excluding hydrogens is 350 g/mol. The van der Waals surface area contributed by atoms with Crippen LogP contribution in [0.25, 0.3) is 5.65 Å². The minimum Gasteiger partial charge on any atom is -0.368 e. The number of pyridine rings is 1. The Balaban J connectivity index is 1.45. The molecule has 0 spiro atoms. The van der Waals surface area contributed by atoms with Crippen molar-refractivity contribution in [3.8, 4) is 0 Å². The zero-order chi connectivity index (χ0) is 18.1. The van der Waals surface area contributed by atoms with Gasteiger partial charge in [-0.15, -0.1) is 0 Å². The predicted molar refractivity (Wildman–Crippen MR) is 100 cm³/mol. The quantitative estimate of drug-likeness (QED) is 0.747. The zero-order valence-corrected chi connectivity index (χ0v) is 15.1. The average molecular weight is 371 g/mol. The number of benzene rings is 1. The Bertz CT molecular complexity index is 990. The van der Waals surface area contributed by atoms with Gasteiger partial charge >= 0.3 is 0 Å². The molecule has 1 aliphatic rings. The van der Waals surface area contributed by atoms with Crippen LogP contribution >= 0.6 is 0 Å². The number of anilines is 1. The van der Waals surface area contributed by atoms with Gasteiger partial charge in [-0.05, 0) is 24.3 Å². The number of nitrogens with two attached hydrogens (primary N) is 1. The highest BCUT2D eigenvalue weighted by Gasteiger charge is 2.23. The summed E-state index contributed by atoms with van der Waals surface area (Å²) in [6, 6.07) is 12.9. The fraction of sp³-hybridized carbons (Fsp3) is 0.278. The molecule has 2 aromatic heterocycles. The van der Waals surface area contributed by atoms with Crippen molar-refractivity contribution in [1.82, 2.24) is 14.3 Å². The van der Waals surface area contributed by atoms with Gasteiger partial charge < -0.3 is 9.30 Å². The van der Waals surface area contributed by atoms with E-state index in [9.17, 15) is 8.42 Å². The lowest BCUT2D eigenvalue weighted by Gasteiger charge is -2.36. The van der Waals surface area contributed by atoms with Crippen LogP contribution in [-0.2, 0) is 16.6 Å². The number of sulfonamides is 1. The summed E-state index contributed by atoms with van der Waals surface area (Å²) in [6.45, 7) is 3.96. The van der Waals surface area contributed by atoms with E-state index in [1.54, 1.807) is 12.1 Å². The van der Waals surface area contributed by atoms with Crippen molar-refractivity contribution in [2.75, 3.05) is 31.1 Å². The smallest absolute Gasteiger partial charge is 0.240 e. The number of para-hydroxylation sites is 1. The summed E-state index contributed by atoms with van der Waals surface area (Å²) in [5.74, 6) is 0. The molecule has 136 valence electrons. The van der Waals surface area contributed by atoms with Gasteiger partial charge in [0.25, 0.3) is 0 Å². The summed E-state index contributed by atoms with van der Waals surface area (Å²) < 4.78 is 25.7. The molecule has 1 fully saturated rings. The summed E-state index contributed by atoms with van der Waals surface area (Å²) in [7, 11) is -3.73. The molecule has 0 unspecified atom stereocenters. The lowest BCUT2D eigenvalue weighted by molar-refractivity contribution is 0.247. The van der Waals surface area contributed by atoms with E-state index in [1.807, 2.05) is 40.9 Å². The molecular formula is C18H21N5O2S. The molecule has 0 aliphatic carbocycles. The van der Waals surface area contributed by atoms with Crippen LogP contribution in [0.5, 0.6) is 0 Å². The van der Waals surface area contributed by atoms with Crippen LogP contribution in [0.15, 0.2) is 59.8 Å². The van der Waals surface area contributed by atoms with Crippen molar-refractivity contribution in [1.29, 1.82) is 0 Å². The standard InChI is InChI=1S/C18H21N5O2S/c19-26(24,25)17-6-2-1-5-16(17)22-11-9-21(10-12-22)13-15-14-23-8-4-3-7-18(23)20-15/h1-8,14H,9-13H2,(H2,19,24,25). The topological polar surface area (TPSA) is 83.9 Å². The van der Waals surface area contributed by atoms with Gasteiger partial charge in [0.05, 0.1) is 11.4 Å². The van der Waals surface area contributed by atoms with Gasteiger partial charge in [0.15, 0.2) is 0 Å². The maximum Gasteiger partial charge on any atom is 0.240 e. The second-order valence-corrected chi connectivity index (χ2v) is 8.00. The molecule has 8 heteroatoms. The number of fused-ring (bicyclic) bond motifs is 1. The first kappa shape index (κ1) is 17.0. The molecule has 0 amide bonds. The molecule has 26 heavy (non-hydrogen) atoms. The third-order valence-electron chi connectivity index (χ3n) is 4.68. The number of aromatic nitrogens is 2. The minimum absolute atomic E-state index is 0.189. The number of piperazine rings is 1. The van der Waals surface area contributed by atoms with Crippen molar-refractivity contribution in [2.24, 2.45) is 5.14 Å². The Labute approximate surface area is 152 Å². The molecule has 7 nitrogen and oxygen atoms in total. The lowest BCUT2D eigenvalue weighted by Crippen LogP contribution is -2.46. The van der Waals surface area contributed by atoms with Crippen LogP contribution < -0.4 is 10.0 Å². The molecule has 3 aromatic rings. The van der Waals surface area contributed by atoms with Crippen LogP contribution in [-0.4, -0.2) is 48.9 Å². The molecule has 1 aliphatic heterocycles. The van der Waals surface area contributed by atoms with E-state index in [1.165, 1.54) is 0 Å². The first-order valence-electron chi connectivity index (χ1n) is 8.52. The lowest BCUT2D eigenvalue weighted by atomic mass is 10.2. The van der Waals surface area contributed by atoms with Crippen LogP contribution in [0.1, 0.15) is 5.69 Å². The Morgan fingerprint density at radius 2 is 1.73 bits per heavy atom. The van der Waals surface area contributed by atoms with Crippen LogP contribution in [0, 0.1) is 0 Å². The highest BCUT2D eigenvalue weighted by Crippen LogP contribution is 2.25. The van der Waals surface area contributed by atoms with E-state index < -0.39 is 10.0 Å². The van der Waals surface area contributed by atoms with Crippen LogP contribution in [0.3, 0.4) is 0 Å². The maximum absolute atomic E-state index is 11.8. The molecule has 0 atom stereocenters. The summed E-state index contributed by atoms with van der Waals surface area (Å²) in [4.78, 5) is 9.25. The number of nitrogens with zero attached hydrogens (tertiary/aromatic N) is 4. The van der Waals surface area contributed by atoms with Crippen molar-refractivity contribution in [3.05, 3.63) is 60.6 Å². The first-order valence-corrected chi connectivity index (χ1v) is 10.1. The van der Waals surface area contributed by atoms with Gasteiger partial charge in [0.2, 0.25) is 10.0 Å². The Morgan fingerprint density at radius 1 is 1.00 bits per heavy atom. The predicted octanol–water partition coefficient (Wildman–Crippen LogP) is 1.30. The molecule has 2 N–H and O–H groups in total. The third-order valence-corrected chi connectivity index (χ3v) is 5.64. The second-order valence-electron chi connectivity index (χ2n) is 6.47. The average Bonchev–Trinajstić information content (AvgIpc) is 3.04. The number of imidazole rings is 1. The maximum atomic E-state index is 11.8. The van der Waals surface area contributed by atoms with E-state index in [-0.39, 0.29) is 4.90 Å². The zero-order valence-electron chi connectivity index (χ0n) is 14.3. The molecule has 4 rings (SSSR count).